The molecule has 3 nitrogen and oxygen atoms in total. The zero-order valence-electron chi connectivity index (χ0n) is 9.79. The summed E-state index contributed by atoms with van der Waals surface area (Å²) in [4.78, 5) is 22.9. The largest absolute Gasteiger partial charge is 0.469 e. The maximum absolute atomic E-state index is 11.9. The molecule has 0 radical (unpaired) electrons. The van der Waals surface area contributed by atoms with Crippen molar-refractivity contribution >= 4 is 11.8 Å². The lowest BCUT2D eigenvalue weighted by atomic mass is 9.73. The Morgan fingerprint density at radius 1 is 1.40 bits per heavy atom. The first kappa shape index (κ1) is 12.2. The van der Waals surface area contributed by atoms with Gasteiger partial charge in [-0.05, 0) is 25.2 Å². The second-order valence-corrected chi connectivity index (χ2v) is 4.56. The molecule has 3 heteroatoms. The van der Waals surface area contributed by atoms with Gasteiger partial charge >= 0.3 is 5.97 Å². The quantitative estimate of drug-likeness (QED) is 0.673. The molecule has 0 unspecified atom stereocenters. The Bertz CT molecular complexity index is 247. The van der Waals surface area contributed by atoms with Crippen molar-refractivity contribution in [1.29, 1.82) is 0 Å². The number of hydrogen-bond donors (Lipinski definition) is 0. The van der Waals surface area contributed by atoms with Gasteiger partial charge < -0.3 is 4.74 Å². The molecule has 15 heavy (non-hydrogen) atoms. The number of carbonyl (C=O) groups is 2. The predicted octanol–water partition coefficient (Wildman–Crippen LogP) is 2.19. The number of hydrogen-bond acceptors (Lipinski definition) is 3. The summed E-state index contributed by atoms with van der Waals surface area (Å²) in [7, 11) is 1.38. The number of ether oxygens (including phenoxy) is 1. The molecule has 0 aliphatic heterocycles. The van der Waals surface area contributed by atoms with Crippen LogP contribution in [-0.4, -0.2) is 18.9 Å². The van der Waals surface area contributed by atoms with Gasteiger partial charge in [0.25, 0.3) is 0 Å². The van der Waals surface area contributed by atoms with Gasteiger partial charge in [-0.2, -0.15) is 0 Å². The standard InChI is InChI=1S/C12H20O3/c1-8-4-5-10(12(14)9(8)2)6-7-11(13)15-3/h8-10H,4-7H2,1-3H3/t8-,9-,10+/m1/s1. The molecule has 1 rings (SSSR count). The molecule has 3 atom stereocenters. The number of ketones is 1. The summed E-state index contributed by atoms with van der Waals surface area (Å²) in [6.07, 6.45) is 3.05. The number of Topliss-reactive ketones (excluding diaryl/α,β-unsaturated/α-hetero) is 1. The lowest BCUT2D eigenvalue weighted by Crippen LogP contribution is -2.32. The van der Waals surface area contributed by atoms with Crippen LogP contribution in [0.2, 0.25) is 0 Å². The molecule has 86 valence electrons. The van der Waals surface area contributed by atoms with Gasteiger partial charge in [-0.3, -0.25) is 9.59 Å². The Balaban J connectivity index is 2.43. The Hall–Kier alpha value is -0.860. The zero-order valence-corrected chi connectivity index (χ0v) is 9.79. The van der Waals surface area contributed by atoms with E-state index in [1.54, 1.807) is 0 Å². The SMILES string of the molecule is COC(=O)CC[C@@H]1CC[C@@H](C)[C@@H](C)C1=O. The van der Waals surface area contributed by atoms with Crippen LogP contribution in [0.15, 0.2) is 0 Å². The lowest BCUT2D eigenvalue weighted by Gasteiger charge is -2.30. The predicted molar refractivity (Wildman–Crippen MR) is 57.3 cm³/mol. The van der Waals surface area contributed by atoms with Crippen LogP contribution in [0, 0.1) is 17.8 Å². The van der Waals surface area contributed by atoms with E-state index in [1.165, 1.54) is 7.11 Å². The van der Waals surface area contributed by atoms with Crippen LogP contribution in [0.25, 0.3) is 0 Å². The van der Waals surface area contributed by atoms with Crippen molar-refractivity contribution in [3.63, 3.8) is 0 Å². The van der Waals surface area contributed by atoms with Crippen LogP contribution in [0.3, 0.4) is 0 Å². The number of esters is 1. The van der Waals surface area contributed by atoms with Gasteiger partial charge in [0, 0.05) is 18.3 Å². The summed E-state index contributed by atoms with van der Waals surface area (Å²) in [5.41, 5.74) is 0. The molecule has 0 saturated heterocycles. The first-order chi connectivity index (χ1) is 7.06. The van der Waals surface area contributed by atoms with Gasteiger partial charge in [0.1, 0.15) is 5.78 Å². The third-order valence-electron chi connectivity index (χ3n) is 3.60. The third-order valence-corrected chi connectivity index (χ3v) is 3.60. The zero-order chi connectivity index (χ0) is 11.4. The van der Waals surface area contributed by atoms with E-state index in [-0.39, 0.29) is 17.8 Å². The third kappa shape index (κ3) is 3.05. The fourth-order valence-electron chi connectivity index (χ4n) is 2.19. The molecular weight excluding hydrogens is 192 g/mol. The fourth-order valence-corrected chi connectivity index (χ4v) is 2.19. The van der Waals surface area contributed by atoms with Gasteiger partial charge in [-0.15, -0.1) is 0 Å². The smallest absolute Gasteiger partial charge is 0.305 e. The van der Waals surface area contributed by atoms with Gasteiger partial charge in [0.2, 0.25) is 0 Å². The Morgan fingerprint density at radius 3 is 2.67 bits per heavy atom. The topological polar surface area (TPSA) is 43.4 Å². The summed E-state index contributed by atoms with van der Waals surface area (Å²) in [5.74, 6) is 0.843. The van der Waals surface area contributed by atoms with E-state index in [0.29, 0.717) is 24.5 Å². The summed E-state index contributed by atoms with van der Waals surface area (Å²) >= 11 is 0. The van der Waals surface area contributed by atoms with E-state index < -0.39 is 0 Å². The van der Waals surface area contributed by atoms with E-state index in [4.69, 9.17) is 0 Å². The first-order valence-corrected chi connectivity index (χ1v) is 5.66. The second-order valence-electron chi connectivity index (χ2n) is 4.56. The maximum atomic E-state index is 11.9. The van der Waals surface area contributed by atoms with Crippen molar-refractivity contribution in [3.8, 4) is 0 Å². The molecule has 0 aromatic rings. The molecule has 1 fully saturated rings. The molecule has 0 amide bonds. The van der Waals surface area contributed by atoms with Gasteiger partial charge in [0.15, 0.2) is 0 Å². The normalized spacial score (nSPS) is 31.4. The van der Waals surface area contributed by atoms with Gasteiger partial charge in [0.05, 0.1) is 7.11 Å². The van der Waals surface area contributed by atoms with Gasteiger partial charge in [-0.1, -0.05) is 13.8 Å². The summed E-state index contributed by atoms with van der Waals surface area (Å²) < 4.78 is 4.57. The Morgan fingerprint density at radius 2 is 2.07 bits per heavy atom. The minimum Gasteiger partial charge on any atom is -0.469 e. The van der Waals surface area contributed by atoms with E-state index in [1.807, 2.05) is 6.92 Å². The number of methoxy groups -OCH3 is 1. The van der Waals surface area contributed by atoms with Crippen LogP contribution in [0.5, 0.6) is 0 Å². The molecule has 0 heterocycles. The van der Waals surface area contributed by atoms with Crippen molar-refractivity contribution < 1.29 is 14.3 Å². The molecule has 1 aliphatic carbocycles. The molecule has 0 aromatic heterocycles. The van der Waals surface area contributed by atoms with Crippen LogP contribution >= 0.6 is 0 Å². The Labute approximate surface area is 91.2 Å². The molecular formula is C12H20O3. The van der Waals surface area contributed by atoms with E-state index in [9.17, 15) is 9.59 Å². The average molecular weight is 212 g/mol. The first-order valence-electron chi connectivity index (χ1n) is 5.66. The summed E-state index contributed by atoms with van der Waals surface area (Å²) in [6, 6.07) is 0. The highest BCUT2D eigenvalue weighted by molar-refractivity contribution is 5.84. The fraction of sp³-hybridized carbons (Fsp3) is 0.833. The molecule has 0 aromatic carbocycles. The molecule has 1 aliphatic rings. The van der Waals surface area contributed by atoms with Crippen LogP contribution < -0.4 is 0 Å². The molecule has 0 spiro atoms. The molecule has 0 N–H and O–H groups in total. The number of carbonyl (C=O) groups excluding carboxylic acids is 2. The van der Waals surface area contributed by atoms with E-state index >= 15 is 0 Å². The molecule has 0 bridgehead atoms. The Kier molecular flexibility index (Phi) is 4.30. The van der Waals surface area contributed by atoms with Crippen LogP contribution in [0.4, 0.5) is 0 Å². The minimum absolute atomic E-state index is 0.0790. The summed E-state index contributed by atoms with van der Waals surface area (Å²) in [6.45, 7) is 4.12. The highest BCUT2D eigenvalue weighted by atomic mass is 16.5. The van der Waals surface area contributed by atoms with Crippen LogP contribution in [-0.2, 0) is 14.3 Å². The van der Waals surface area contributed by atoms with Gasteiger partial charge in [-0.25, -0.2) is 0 Å². The maximum Gasteiger partial charge on any atom is 0.305 e. The van der Waals surface area contributed by atoms with E-state index in [0.717, 1.165) is 12.8 Å². The minimum atomic E-state index is -0.214. The van der Waals surface area contributed by atoms with Crippen molar-refractivity contribution in [2.75, 3.05) is 7.11 Å². The van der Waals surface area contributed by atoms with Crippen molar-refractivity contribution in [2.24, 2.45) is 17.8 Å². The highest BCUT2D eigenvalue weighted by Crippen LogP contribution is 2.32. The number of rotatable bonds is 3. The lowest BCUT2D eigenvalue weighted by molar-refractivity contribution is -0.141. The van der Waals surface area contributed by atoms with Crippen LogP contribution in [0.1, 0.15) is 39.5 Å². The van der Waals surface area contributed by atoms with Crippen molar-refractivity contribution in [1.82, 2.24) is 0 Å². The monoisotopic (exact) mass is 212 g/mol. The summed E-state index contributed by atoms with van der Waals surface area (Å²) in [5, 5.41) is 0. The van der Waals surface area contributed by atoms with E-state index in [2.05, 4.69) is 11.7 Å². The average Bonchev–Trinajstić information content (AvgIpc) is 2.24. The van der Waals surface area contributed by atoms with Crippen molar-refractivity contribution in [2.45, 2.75) is 39.5 Å². The second kappa shape index (κ2) is 5.29. The molecule has 1 saturated carbocycles. The highest BCUT2D eigenvalue weighted by Gasteiger charge is 2.32. The van der Waals surface area contributed by atoms with Crippen molar-refractivity contribution in [3.05, 3.63) is 0 Å².